The molecule has 2 aromatic rings. The summed E-state index contributed by atoms with van der Waals surface area (Å²) < 4.78 is 0. The van der Waals surface area contributed by atoms with E-state index in [1.807, 2.05) is 0 Å². The van der Waals surface area contributed by atoms with E-state index in [1.165, 1.54) is 15.3 Å². The van der Waals surface area contributed by atoms with Crippen LogP contribution in [0.3, 0.4) is 0 Å². The van der Waals surface area contributed by atoms with Crippen LogP contribution in [0.4, 0.5) is 11.4 Å². The van der Waals surface area contributed by atoms with Crippen molar-refractivity contribution < 1.29 is 4.79 Å². The number of amides is 1. The smallest absolute Gasteiger partial charge is 0.253 e. The number of rotatable bonds is 4. The zero-order chi connectivity index (χ0) is 15.6. The molecule has 4 N–H and O–H groups in total. The van der Waals surface area contributed by atoms with E-state index in [9.17, 15) is 4.79 Å². The monoisotopic (exact) mass is 303 g/mol. The Morgan fingerprint density at radius 3 is 2.57 bits per heavy atom. The average Bonchev–Trinajstić information content (AvgIpc) is 2.77. The SMILES string of the molecule is CNC(=O)c1ccc(N)cc1NC(C)c1cc(C)sc1C. The molecule has 0 aliphatic heterocycles. The molecule has 1 unspecified atom stereocenters. The van der Waals surface area contributed by atoms with Crippen LogP contribution in [0.1, 0.15) is 38.6 Å². The molecule has 4 nitrogen and oxygen atoms in total. The molecule has 112 valence electrons. The van der Waals surface area contributed by atoms with Gasteiger partial charge in [-0.15, -0.1) is 11.3 Å². The van der Waals surface area contributed by atoms with Gasteiger partial charge >= 0.3 is 0 Å². The molecule has 0 saturated heterocycles. The highest BCUT2D eigenvalue weighted by Gasteiger charge is 2.15. The van der Waals surface area contributed by atoms with Crippen molar-refractivity contribution in [3.63, 3.8) is 0 Å². The molecule has 1 atom stereocenters. The maximum Gasteiger partial charge on any atom is 0.253 e. The number of nitrogens with one attached hydrogen (secondary N) is 2. The van der Waals surface area contributed by atoms with Gasteiger partial charge in [0.25, 0.3) is 5.91 Å². The fraction of sp³-hybridized carbons (Fsp3) is 0.312. The molecule has 1 aromatic carbocycles. The van der Waals surface area contributed by atoms with E-state index in [4.69, 9.17) is 5.73 Å². The Balaban J connectivity index is 2.32. The molecule has 1 heterocycles. The highest BCUT2D eigenvalue weighted by Crippen LogP contribution is 2.30. The van der Waals surface area contributed by atoms with Crippen molar-refractivity contribution in [1.29, 1.82) is 0 Å². The van der Waals surface area contributed by atoms with Gasteiger partial charge in [0.2, 0.25) is 0 Å². The second kappa shape index (κ2) is 6.18. The maximum absolute atomic E-state index is 11.9. The molecular formula is C16H21N3OS. The molecule has 0 spiro atoms. The van der Waals surface area contributed by atoms with Gasteiger partial charge in [-0.05, 0) is 50.6 Å². The minimum Gasteiger partial charge on any atom is -0.399 e. The quantitative estimate of drug-likeness (QED) is 0.758. The Kier molecular flexibility index (Phi) is 4.53. The van der Waals surface area contributed by atoms with Gasteiger partial charge in [-0.1, -0.05) is 0 Å². The number of carbonyl (C=O) groups is 1. The van der Waals surface area contributed by atoms with Crippen LogP contribution >= 0.6 is 11.3 Å². The molecule has 0 saturated carbocycles. The number of aryl methyl sites for hydroxylation is 2. The average molecular weight is 303 g/mol. The van der Waals surface area contributed by atoms with Crippen molar-refractivity contribution in [3.8, 4) is 0 Å². The number of thiophene rings is 1. The van der Waals surface area contributed by atoms with E-state index in [-0.39, 0.29) is 11.9 Å². The molecule has 0 radical (unpaired) electrons. The lowest BCUT2D eigenvalue weighted by Crippen LogP contribution is -2.20. The lowest BCUT2D eigenvalue weighted by molar-refractivity contribution is 0.0964. The third kappa shape index (κ3) is 3.36. The third-order valence-corrected chi connectivity index (χ3v) is 4.41. The fourth-order valence-corrected chi connectivity index (χ4v) is 3.43. The summed E-state index contributed by atoms with van der Waals surface area (Å²) >= 11 is 1.78. The molecule has 0 fully saturated rings. The number of nitrogen functional groups attached to an aromatic ring is 1. The van der Waals surface area contributed by atoms with Gasteiger partial charge in [0.05, 0.1) is 5.56 Å². The number of hydrogen-bond donors (Lipinski definition) is 3. The van der Waals surface area contributed by atoms with Gasteiger partial charge in [0.15, 0.2) is 0 Å². The van der Waals surface area contributed by atoms with Crippen LogP contribution in [0.5, 0.6) is 0 Å². The number of benzene rings is 1. The van der Waals surface area contributed by atoms with Crippen molar-refractivity contribution in [3.05, 3.63) is 45.1 Å². The van der Waals surface area contributed by atoms with E-state index in [0.717, 1.165) is 5.69 Å². The summed E-state index contributed by atoms with van der Waals surface area (Å²) in [6.45, 7) is 6.31. The Hall–Kier alpha value is -2.01. The summed E-state index contributed by atoms with van der Waals surface area (Å²) in [7, 11) is 1.62. The van der Waals surface area contributed by atoms with E-state index < -0.39 is 0 Å². The van der Waals surface area contributed by atoms with Gasteiger partial charge in [0, 0.05) is 34.2 Å². The second-order valence-electron chi connectivity index (χ2n) is 5.12. The first-order chi connectivity index (χ1) is 9.92. The summed E-state index contributed by atoms with van der Waals surface area (Å²) in [5.41, 5.74) is 9.09. The van der Waals surface area contributed by atoms with Crippen molar-refractivity contribution in [1.82, 2.24) is 5.32 Å². The molecule has 0 bridgehead atoms. The Morgan fingerprint density at radius 2 is 2.00 bits per heavy atom. The van der Waals surface area contributed by atoms with Crippen LogP contribution in [0.15, 0.2) is 24.3 Å². The van der Waals surface area contributed by atoms with Crippen molar-refractivity contribution in [2.24, 2.45) is 0 Å². The van der Waals surface area contributed by atoms with Crippen molar-refractivity contribution in [2.75, 3.05) is 18.1 Å². The summed E-state index contributed by atoms with van der Waals surface area (Å²) in [4.78, 5) is 14.5. The van der Waals surface area contributed by atoms with Gasteiger partial charge < -0.3 is 16.4 Å². The van der Waals surface area contributed by atoms with E-state index >= 15 is 0 Å². The molecule has 21 heavy (non-hydrogen) atoms. The Bertz CT molecular complexity index is 664. The lowest BCUT2D eigenvalue weighted by Gasteiger charge is -2.18. The van der Waals surface area contributed by atoms with Crippen molar-refractivity contribution >= 4 is 28.6 Å². The minimum atomic E-state index is -0.122. The highest BCUT2D eigenvalue weighted by atomic mass is 32.1. The minimum absolute atomic E-state index is 0.111. The van der Waals surface area contributed by atoms with Gasteiger partial charge in [-0.25, -0.2) is 0 Å². The van der Waals surface area contributed by atoms with Crippen LogP contribution in [0.25, 0.3) is 0 Å². The molecule has 5 heteroatoms. The molecule has 1 aromatic heterocycles. The summed E-state index contributed by atoms with van der Waals surface area (Å²) in [6, 6.07) is 7.58. The number of carbonyl (C=O) groups excluding carboxylic acids is 1. The topological polar surface area (TPSA) is 67.2 Å². The zero-order valence-corrected chi connectivity index (χ0v) is 13.6. The predicted octanol–water partition coefficient (Wildman–Crippen LogP) is 3.48. The number of anilines is 2. The van der Waals surface area contributed by atoms with E-state index in [1.54, 1.807) is 36.6 Å². The van der Waals surface area contributed by atoms with E-state index in [2.05, 4.69) is 37.5 Å². The summed E-state index contributed by atoms with van der Waals surface area (Å²) in [5, 5.41) is 6.05. The highest BCUT2D eigenvalue weighted by molar-refractivity contribution is 7.12. The molecule has 0 aliphatic carbocycles. The molecule has 0 aliphatic rings. The number of nitrogens with two attached hydrogens (primary N) is 1. The lowest BCUT2D eigenvalue weighted by atomic mass is 10.1. The third-order valence-electron chi connectivity index (χ3n) is 3.43. The molecule has 1 amide bonds. The first-order valence-electron chi connectivity index (χ1n) is 6.87. The summed E-state index contributed by atoms with van der Waals surface area (Å²) in [5.74, 6) is -0.122. The number of hydrogen-bond acceptors (Lipinski definition) is 4. The summed E-state index contributed by atoms with van der Waals surface area (Å²) in [6.07, 6.45) is 0. The van der Waals surface area contributed by atoms with E-state index in [0.29, 0.717) is 11.3 Å². The van der Waals surface area contributed by atoms with Crippen LogP contribution in [-0.2, 0) is 0 Å². The van der Waals surface area contributed by atoms with Crippen LogP contribution in [-0.4, -0.2) is 13.0 Å². The standard InChI is InChI=1S/C16H21N3OS/c1-9-7-14(11(3)21-9)10(2)19-15-8-12(17)5-6-13(15)16(20)18-4/h5-8,10,19H,17H2,1-4H3,(H,18,20). The zero-order valence-electron chi connectivity index (χ0n) is 12.8. The van der Waals surface area contributed by atoms with Gasteiger partial charge in [0.1, 0.15) is 0 Å². The predicted molar refractivity (Wildman–Crippen MR) is 90.1 cm³/mol. The first-order valence-corrected chi connectivity index (χ1v) is 7.69. The van der Waals surface area contributed by atoms with Crippen LogP contribution in [0.2, 0.25) is 0 Å². The van der Waals surface area contributed by atoms with Gasteiger partial charge in [-0.2, -0.15) is 0 Å². The largest absolute Gasteiger partial charge is 0.399 e. The van der Waals surface area contributed by atoms with Crippen molar-refractivity contribution in [2.45, 2.75) is 26.8 Å². The first kappa shape index (κ1) is 15.4. The Morgan fingerprint density at radius 1 is 1.29 bits per heavy atom. The normalized spacial score (nSPS) is 12.0. The maximum atomic E-state index is 11.9. The van der Waals surface area contributed by atoms with Crippen LogP contribution < -0.4 is 16.4 Å². The van der Waals surface area contributed by atoms with Crippen LogP contribution in [0, 0.1) is 13.8 Å². The fourth-order valence-electron chi connectivity index (χ4n) is 2.41. The molecular weight excluding hydrogens is 282 g/mol. The second-order valence-corrected chi connectivity index (χ2v) is 6.58. The molecule has 2 rings (SSSR count). The van der Waals surface area contributed by atoms with Gasteiger partial charge in [-0.3, -0.25) is 4.79 Å². The Labute approximate surface area is 129 Å².